The minimum atomic E-state index is -0.664. The fourth-order valence-corrected chi connectivity index (χ4v) is 5.67. The predicted octanol–water partition coefficient (Wildman–Crippen LogP) is 4.32. The molecule has 0 bridgehead atoms. The molecule has 0 spiro atoms. The van der Waals surface area contributed by atoms with Gasteiger partial charge in [0.25, 0.3) is 11.7 Å². The molecule has 0 saturated carbocycles. The molecule has 1 unspecified atom stereocenters. The summed E-state index contributed by atoms with van der Waals surface area (Å²) in [6.07, 6.45) is 8.14. The second kappa shape index (κ2) is 11.0. The Hall–Kier alpha value is -4.73. The number of hydrogen-bond donors (Lipinski definition) is 5. The molecule has 4 aromatic rings. The molecule has 6 N–H and O–H groups in total. The smallest absolute Gasteiger partial charge is 0.295 e. The van der Waals surface area contributed by atoms with Crippen molar-refractivity contribution in [1.82, 2.24) is 20.2 Å². The number of aromatic nitrogens is 2. The van der Waals surface area contributed by atoms with Gasteiger partial charge >= 0.3 is 0 Å². The third-order valence-electron chi connectivity index (χ3n) is 7.72. The lowest BCUT2D eigenvalue weighted by Crippen LogP contribution is -2.40. The van der Waals surface area contributed by atoms with E-state index in [2.05, 4.69) is 69.2 Å². The molecule has 1 atom stereocenters. The number of rotatable bonds is 6. The molecule has 1 amide bonds. The fourth-order valence-electron chi connectivity index (χ4n) is 5.67. The Kier molecular flexibility index (Phi) is 7.13. The van der Waals surface area contributed by atoms with Gasteiger partial charge in [0.05, 0.1) is 35.5 Å². The SMILES string of the molecule is CC(N)NCNc1ncc(O)c2c(C(=O)C(=O)N3CCC(=C4c5ccccc5C=Cc5ccccc54)CC3)c[nH]c12. The molecule has 2 aliphatic rings. The number of fused-ring (bicyclic) bond motifs is 3. The van der Waals surface area contributed by atoms with Crippen molar-refractivity contribution in [3.63, 3.8) is 0 Å². The normalized spacial score (nSPS) is 15.3. The highest BCUT2D eigenvalue weighted by Crippen LogP contribution is 2.39. The molecule has 208 valence electrons. The van der Waals surface area contributed by atoms with E-state index in [4.69, 9.17) is 5.73 Å². The van der Waals surface area contributed by atoms with Gasteiger partial charge in [-0.25, -0.2) is 4.98 Å². The van der Waals surface area contributed by atoms with Crippen LogP contribution < -0.4 is 16.4 Å². The number of carbonyl (C=O) groups is 2. The summed E-state index contributed by atoms with van der Waals surface area (Å²) < 4.78 is 0. The number of piperidine rings is 1. The zero-order chi connectivity index (χ0) is 28.5. The van der Waals surface area contributed by atoms with Crippen LogP contribution in [0.5, 0.6) is 5.75 Å². The molecule has 3 heterocycles. The minimum absolute atomic E-state index is 0.120. The maximum atomic E-state index is 13.4. The zero-order valence-corrected chi connectivity index (χ0v) is 22.8. The number of likely N-dealkylation sites (tertiary alicyclic amines) is 1. The average molecular weight is 549 g/mol. The standard InChI is InChI=1S/C32H32N6O3/c1-19(33)36-18-37-31-29-28(26(39)17-35-31)25(16-34-29)30(40)32(41)38-14-12-22(13-15-38)27-23-8-4-2-6-20(23)10-11-21-7-3-5-9-24(21)27/h2-11,16-17,19,34,36,39H,12-15,18,33H2,1H3,(H,35,37). The molecular weight excluding hydrogens is 516 g/mol. The number of aromatic amines is 1. The second-order valence-electron chi connectivity index (χ2n) is 10.4. The lowest BCUT2D eigenvalue weighted by atomic mass is 9.86. The highest BCUT2D eigenvalue weighted by Gasteiger charge is 2.30. The van der Waals surface area contributed by atoms with E-state index in [1.165, 1.54) is 34.7 Å². The number of nitrogens with two attached hydrogens (primary N) is 1. The van der Waals surface area contributed by atoms with E-state index in [1.807, 2.05) is 19.1 Å². The van der Waals surface area contributed by atoms with Gasteiger partial charge in [-0.2, -0.15) is 0 Å². The fraction of sp³-hybridized carbons (Fsp3) is 0.219. The van der Waals surface area contributed by atoms with Gasteiger partial charge in [0.1, 0.15) is 5.75 Å². The first-order chi connectivity index (χ1) is 19.9. The van der Waals surface area contributed by atoms with E-state index in [-0.39, 0.29) is 22.9 Å². The van der Waals surface area contributed by atoms with Crippen molar-refractivity contribution in [3.8, 4) is 5.75 Å². The van der Waals surface area contributed by atoms with Crippen molar-refractivity contribution in [1.29, 1.82) is 0 Å². The maximum Gasteiger partial charge on any atom is 0.295 e. The summed E-state index contributed by atoms with van der Waals surface area (Å²) >= 11 is 0. The number of nitrogens with zero attached hydrogens (tertiary/aromatic N) is 2. The number of carbonyl (C=O) groups excluding carboxylic acids is 2. The van der Waals surface area contributed by atoms with Gasteiger partial charge in [0.15, 0.2) is 5.82 Å². The van der Waals surface area contributed by atoms with E-state index < -0.39 is 11.7 Å². The van der Waals surface area contributed by atoms with Crippen molar-refractivity contribution in [2.45, 2.75) is 25.9 Å². The summed E-state index contributed by atoms with van der Waals surface area (Å²) in [4.78, 5) is 35.7. The van der Waals surface area contributed by atoms with E-state index in [0.717, 1.165) is 11.1 Å². The van der Waals surface area contributed by atoms with Gasteiger partial charge in [0.2, 0.25) is 0 Å². The molecule has 2 aromatic carbocycles. The molecule has 0 radical (unpaired) electrons. The largest absolute Gasteiger partial charge is 0.506 e. The van der Waals surface area contributed by atoms with Crippen LogP contribution >= 0.6 is 0 Å². The van der Waals surface area contributed by atoms with Crippen molar-refractivity contribution < 1.29 is 14.7 Å². The zero-order valence-electron chi connectivity index (χ0n) is 22.8. The van der Waals surface area contributed by atoms with Gasteiger partial charge in [-0.05, 0) is 47.6 Å². The number of amides is 1. The van der Waals surface area contributed by atoms with Crippen LogP contribution in [0.1, 0.15) is 52.4 Å². The molecule has 6 rings (SSSR count). The highest BCUT2D eigenvalue weighted by atomic mass is 16.3. The van der Waals surface area contributed by atoms with E-state index in [9.17, 15) is 14.7 Å². The third kappa shape index (κ3) is 5.01. The summed E-state index contributed by atoms with van der Waals surface area (Å²) in [5, 5.41) is 16.9. The van der Waals surface area contributed by atoms with Gasteiger partial charge in [0, 0.05) is 19.3 Å². The summed E-state index contributed by atoms with van der Waals surface area (Å²) in [5.41, 5.74) is 13.5. The van der Waals surface area contributed by atoms with Crippen LogP contribution in [0.3, 0.4) is 0 Å². The summed E-state index contributed by atoms with van der Waals surface area (Å²) in [5.74, 6) is -0.983. The number of ketones is 1. The van der Waals surface area contributed by atoms with E-state index >= 15 is 0 Å². The number of nitrogens with one attached hydrogen (secondary N) is 3. The predicted molar refractivity (Wildman–Crippen MR) is 161 cm³/mol. The third-order valence-corrected chi connectivity index (χ3v) is 7.72. The van der Waals surface area contributed by atoms with Crippen LogP contribution in [-0.4, -0.2) is 57.6 Å². The first kappa shape index (κ1) is 26.5. The van der Waals surface area contributed by atoms with Crippen molar-refractivity contribution in [2.75, 3.05) is 25.1 Å². The van der Waals surface area contributed by atoms with E-state index in [0.29, 0.717) is 43.9 Å². The summed E-state index contributed by atoms with van der Waals surface area (Å²) in [6, 6.07) is 16.8. The summed E-state index contributed by atoms with van der Waals surface area (Å²) in [7, 11) is 0. The van der Waals surface area contributed by atoms with Gasteiger partial charge in [-0.3, -0.25) is 14.9 Å². The molecule has 1 aliphatic heterocycles. The number of benzene rings is 2. The number of H-pyrrole nitrogens is 1. The number of pyridine rings is 1. The second-order valence-corrected chi connectivity index (χ2v) is 10.4. The van der Waals surface area contributed by atoms with Crippen LogP contribution in [0, 0.1) is 0 Å². The first-order valence-electron chi connectivity index (χ1n) is 13.8. The first-order valence-corrected chi connectivity index (χ1v) is 13.8. The molecule has 41 heavy (non-hydrogen) atoms. The lowest BCUT2D eigenvalue weighted by molar-refractivity contribution is -0.126. The van der Waals surface area contributed by atoms with Crippen LogP contribution in [0.2, 0.25) is 0 Å². The van der Waals surface area contributed by atoms with Crippen LogP contribution in [-0.2, 0) is 4.79 Å². The maximum absolute atomic E-state index is 13.4. The van der Waals surface area contributed by atoms with Crippen LogP contribution in [0.15, 0.2) is 66.5 Å². The molecule has 1 fully saturated rings. The molecule has 9 heteroatoms. The van der Waals surface area contributed by atoms with Gasteiger partial charge in [-0.15, -0.1) is 0 Å². The topological polar surface area (TPSA) is 136 Å². The Labute approximate surface area is 237 Å². The van der Waals surface area contributed by atoms with Crippen LogP contribution in [0.4, 0.5) is 5.82 Å². The van der Waals surface area contributed by atoms with Crippen molar-refractivity contribution in [2.24, 2.45) is 5.73 Å². The number of hydrogen-bond acceptors (Lipinski definition) is 7. The summed E-state index contributed by atoms with van der Waals surface area (Å²) in [6.45, 7) is 3.02. The highest BCUT2D eigenvalue weighted by molar-refractivity contribution is 6.45. The number of anilines is 1. The average Bonchev–Trinajstić information content (AvgIpc) is 3.37. The molecule has 2 aromatic heterocycles. The van der Waals surface area contributed by atoms with Gasteiger partial charge < -0.3 is 26.0 Å². The monoisotopic (exact) mass is 548 g/mol. The minimum Gasteiger partial charge on any atom is -0.506 e. The van der Waals surface area contributed by atoms with Crippen molar-refractivity contribution in [3.05, 3.63) is 94.3 Å². The van der Waals surface area contributed by atoms with Crippen LogP contribution in [0.25, 0.3) is 28.6 Å². The Morgan fingerprint density at radius 1 is 1.05 bits per heavy atom. The van der Waals surface area contributed by atoms with E-state index in [1.54, 1.807) is 4.90 Å². The molecular formula is C32H32N6O3. The number of Topliss-reactive ketones (excluding diaryl/α,β-unsaturated/α-hetero) is 1. The van der Waals surface area contributed by atoms with Gasteiger partial charge in [-0.1, -0.05) is 66.3 Å². The molecule has 1 saturated heterocycles. The Morgan fingerprint density at radius 3 is 2.32 bits per heavy atom. The molecule has 9 nitrogen and oxygen atoms in total. The number of aromatic hydroxyl groups is 1. The molecule has 1 aliphatic carbocycles. The Bertz CT molecular complexity index is 1660. The Balaban J connectivity index is 1.24. The quantitative estimate of drug-likeness (QED) is 0.121. The lowest BCUT2D eigenvalue weighted by Gasteiger charge is -2.30. The van der Waals surface area contributed by atoms with Crippen molar-refractivity contribution >= 4 is 46.1 Å². The Morgan fingerprint density at radius 2 is 1.68 bits per heavy atom.